The molecule has 1 fully saturated rings. The van der Waals surface area contributed by atoms with Gasteiger partial charge in [-0.25, -0.2) is 4.98 Å². The summed E-state index contributed by atoms with van der Waals surface area (Å²) in [6, 6.07) is 10.0. The van der Waals surface area contributed by atoms with Crippen molar-refractivity contribution >= 4 is 39.2 Å². The average molecular weight is 385 g/mol. The van der Waals surface area contributed by atoms with E-state index in [1.807, 2.05) is 42.2 Å². The molecule has 3 aromatic rings. The van der Waals surface area contributed by atoms with Crippen molar-refractivity contribution in [3.05, 3.63) is 35.3 Å². The minimum absolute atomic E-state index is 0.184. The largest absolute Gasteiger partial charge is 0.342 e. The summed E-state index contributed by atoms with van der Waals surface area (Å²) in [5.41, 5.74) is 2.75. The molecule has 1 amide bonds. The molecule has 134 valence electrons. The minimum atomic E-state index is 0.184. The standard InChI is InChI=1S/C19H20N4OS2/c1-13-20-17-18(26-13)16(14-8-4-2-5-9-14)21-22-19(17)25-12-15(24)23-10-6-3-7-11-23/h2,4-5,8-9H,3,6-7,10-12H2,1H3. The molecule has 1 aromatic carbocycles. The Kier molecular flexibility index (Phi) is 5.17. The highest BCUT2D eigenvalue weighted by atomic mass is 32.2. The van der Waals surface area contributed by atoms with Gasteiger partial charge in [-0.3, -0.25) is 4.79 Å². The highest BCUT2D eigenvalue weighted by molar-refractivity contribution is 8.00. The molecule has 0 radical (unpaired) electrons. The van der Waals surface area contributed by atoms with Crippen molar-refractivity contribution in [3.63, 3.8) is 0 Å². The van der Waals surface area contributed by atoms with E-state index in [0.717, 1.165) is 57.4 Å². The molecular weight excluding hydrogens is 364 g/mol. The number of aromatic nitrogens is 3. The van der Waals surface area contributed by atoms with E-state index in [1.54, 1.807) is 11.3 Å². The van der Waals surface area contributed by atoms with Crippen LogP contribution in [0.15, 0.2) is 35.4 Å². The van der Waals surface area contributed by atoms with Gasteiger partial charge in [0.05, 0.1) is 15.5 Å². The lowest BCUT2D eigenvalue weighted by Crippen LogP contribution is -2.36. The summed E-state index contributed by atoms with van der Waals surface area (Å²) in [7, 11) is 0. The summed E-state index contributed by atoms with van der Waals surface area (Å²) in [5.74, 6) is 0.578. The molecule has 0 aliphatic carbocycles. The second-order valence-electron chi connectivity index (χ2n) is 6.36. The third-order valence-corrected chi connectivity index (χ3v) is 6.40. The number of benzene rings is 1. The normalized spacial score (nSPS) is 14.7. The maximum absolute atomic E-state index is 12.4. The molecule has 1 aliphatic rings. The van der Waals surface area contributed by atoms with Gasteiger partial charge in [0.15, 0.2) is 0 Å². The lowest BCUT2D eigenvalue weighted by Gasteiger charge is -2.26. The maximum Gasteiger partial charge on any atom is 0.232 e. The van der Waals surface area contributed by atoms with E-state index in [9.17, 15) is 4.79 Å². The van der Waals surface area contributed by atoms with Crippen LogP contribution in [0.25, 0.3) is 21.5 Å². The molecule has 5 nitrogen and oxygen atoms in total. The molecule has 0 saturated carbocycles. The number of carbonyl (C=O) groups is 1. The Morgan fingerprint density at radius 1 is 1.15 bits per heavy atom. The summed E-state index contributed by atoms with van der Waals surface area (Å²) in [5, 5.41) is 10.6. The number of piperidine rings is 1. The predicted molar refractivity (Wildman–Crippen MR) is 107 cm³/mol. The van der Waals surface area contributed by atoms with Crippen LogP contribution in [0, 0.1) is 6.92 Å². The molecule has 1 aliphatic heterocycles. The van der Waals surface area contributed by atoms with Crippen molar-refractivity contribution in [3.8, 4) is 11.3 Å². The highest BCUT2D eigenvalue weighted by Crippen LogP contribution is 2.35. The van der Waals surface area contributed by atoms with Crippen LogP contribution in [0.2, 0.25) is 0 Å². The Morgan fingerprint density at radius 3 is 2.69 bits per heavy atom. The van der Waals surface area contributed by atoms with Crippen molar-refractivity contribution < 1.29 is 4.79 Å². The minimum Gasteiger partial charge on any atom is -0.342 e. The molecule has 4 rings (SSSR count). The first-order valence-electron chi connectivity index (χ1n) is 8.82. The molecule has 3 heterocycles. The van der Waals surface area contributed by atoms with E-state index in [-0.39, 0.29) is 5.91 Å². The number of amides is 1. The topological polar surface area (TPSA) is 59.0 Å². The fraction of sp³-hybridized carbons (Fsp3) is 0.368. The van der Waals surface area contributed by atoms with Crippen LogP contribution in [0.3, 0.4) is 0 Å². The van der Waals surface area contributed by atoms with E-state index in [0.29, 0.717) is 5.75 Å². The fourth-order valence-electron chi connectivity index (χ4n) is 3.17. The van der Waals surface area contributed by atoms with Crippen LogP contribution in [0.1, 0.15) is 24.3 Å². The second kappa shape index (κ2) is 7.72. The van der Waals surface area contributed by atoms with Gasteiger partial charge in [-0.05, 0) is 26.2 Å². The molecule has 0 atom stereocenters. The lowest BCUT2D eigenvalue weighted by molar-refractivity contribution is -0.129. The SMILES string of the molecule is Cc1nc2c(SCC(=O)N3CCCCC3)nnc(-c3ccccc3)c2s1. The van der Waals surface area contributed by atoms with Crippen LogP contribution < -0.4 is 0 Å². The number of likely N-dealkylation sites (tertiary alicyclic amines) is 1. The number of thiazole rings is 1. The molecule has 26 heavy (non-hydrogen) atoms. The lowest BCUT2D eigenvalue weighted by atomic mass is 10.1. The Hall–Kier alpha value is -1.99. The Balaban J connectivity index is 1.59. The molecule has 1 saturated heterocycles. The first-order chi connectivity index (χ1) is 12.7. The van der Waals surface area contributed by atoms with Crippen molar-refractivity contribution in [1.29, 1.82) is 0 Å². The molecule has 0 N–H and O–H groups in total. The van der Waals surface area contributed by atoms with Gasteiger partial charge in [0.2, 0.25) is 5.91 Å². The smallest absolute Gasteiger partial charge is 0.232 e. The number of hydrogen-bond acceptors (Lipinski definition) is 6. The average Bonchev–Trinajstić information content (AvgIpc) is 3.08. The van der Waals surface area contributed by atoms with E-state index in [2.05, 4.69) is 15.2 Å². The van der Waals surface area contributed by atoms with Crippen LogP contribution >= 0.6 is 23.1 Å². The van der Waals surface area contributed by atoms with Gasteiger partial charge >= 0.3 is 0 Å². The zero-order valence-electron chi connectivity index (χ0n) is 14.6. The van der Waals surface area contributed by atoms with E-state index in [1.165, 1.54) is 18.2 Å². The van der Waals surface area contributed by atoms with Crippen LogP contribution in [-0.2, 0) is 4.79 Å². The molecule has 0 unspecified atom stereocenters. The summed E-state index contributed by atoms with van der Waals surface area (Å²) in [6.07, 6.45) is 3.44. The van der Waals surface area contributed by atoms with Gasteiger partial charge in [-0.1, -0.05) is 42.1 Å². The summed E-state index contributed by atoms with van der Waals surface area (Å²) in [6.45, 7) is 3.75. The van der Waals surface area contributed by atoms with E-state index < -0.39 is 0 Å². The number of nitrogens with zero attached hydrogens (tertiary/aromatic N) is 4. The fourth-order valence-corrected chi connectivity index (χ4v) is 4.98. The summed E-state index contributed by atoms with van der Waals surface area (Å²) in [4.78, 5) is 19.1. The highest BCUT2D eigenvalue weighted by Gasteiger charge is 2.20. The van der Waals surface area contributed by atoms with Gasteiger partial charge in [0.1, 0.15) is 16.2 Å². The van der Waals surface area contributed by atoms with Crippen molar-refractivity contribution in [1.82, 2.24) is 20.1 Å². The quantitative estimate of drug-likeness (QED) is 0.632. The van der Waals surface area contributed by atoms with Gasteiger partial charge in [-0.15, -0.1) is 21.5 Å². The maximum atomic E-state index is 12.4. The van der Waals surface area contributed by atoms with Crippen LogP contribution in [-0.4, -0.2) is 44.8 Å². The zero-order valence-corrected chi connectivity index (χ0v) is 16.3. The monoisotopic (exact) mass is 384 g/mol. The van der Waals surface area contributed by atoms with Crippen molar-refractivity contribution in [2.24, 2.45) is 0 Å². The number of aryl methyl sites for hydroxylation is 1. The van der Waals surface area contributed by atoms with Gasteiger partial charge in [-0.2, -0.15) is 0 Å². The summed E-state index contributed by atoms with van der Waals surface area (Å²) < 4.78 is 1.04. The number of fused-ring (bicyclic) bond motifs is 1. The first-order valence-corrected chi connectivity index (χ1v) is 10.6. The van der Waals surface area contributed by atoms with Gasteiger partial charge in [0.25, 0.3) is 0 Å². The zero-order chi connectivity index (χ0) is 17.9. The van der Waals surface area contributed by atoms with Crippen LogP contribution in [0.4, 0.5) is 0 Å². The molecular formula is C19H20N4OS2. The number of carbonyl (C=O) groups excluding carboxylic acids is 1. The molecule has 0 spiro atoms. The van der Waals surface area contributed by atoms with Crippen LogP contribution in [0.5, 0.6) is 0 Å². The van der Waals surface area contributed by atoms with Crippen molar-refractivity contribution in [2.75, 3.05) is 18.8 Å². The first kappa shape index (κ1) is 17.4. The number of rotatable bonds is 4. The predicted octanol–water partition coefficient (Wildman–Crippen LogP) is 4.17. The van der Waals surface area contributed by atoms with Crippen molar-refractivity contribution in [2.45, 2.75) is 31.2 Å². The molecule has 2 aromatic heterocycles. The Labute approximate surface area is 160 Å². The third-order valence-electron chi connectivity index (χ3n) is 4.48. The Morgan fingerprint density at radius 2 is 1.92 bits per heavy atom. The van der Waals surface area contributed by atoms with Gasteiger partial charge in [0, 0.05) is 18.7 Å². The number of thioether (sulfide) groups is 1. The summed E-state index contributed by atoms with van der Waals surface area (Å²) >= 11 is 3.08. The second-order valence-corrected chi connectivity index (χ2v) is 8.53. The van der Waals surface area contributed by atoms with E-state index >= 15 is 0 Å². The molecule has 0 bridgehead atoms. The van der Waals surface area contributed by atoms with E-state index in [4.69, 9.17) is 0 Å². The molecule has 7 heteroatoms. The van der Waals surface area contributed by atoms with Gasteiger partial charge < -0.3 is 4.90 Å². The third kappa shape index (κ3) is 3.59. The Bertz CT molecular complexity index is 920. The number of hydrogen-bond donors (Lipinski definition) is 0.